The lowest BCUT2D eigenvalue weighted by atomic mass is 9.75. The Morgan fingerprint density at radius 1 is 1.11 bits per heavy atom. The zero-order valence-electron chi connectivity index (χ0n) is 21.1. The van der Waals surface area contributed by atoms with Gasteiger partial charge in [0.05, 0.1) is 24.4 Å². The van der Waals surface area contributed by atoms with Crippen LogP contribution in [0.25, 0.3) is 11.4 Å². The van der Waals surface area contributed by atoms with Gasteiger partial charge >= 0.3 is 0 Å². The van der Waals surface area contributed by atoms with Crippen LogP contribution in [0.4, 0.5) is 19.7 Å². The third-order valence-electron chi connectivity index (χ3n) is 6.63. The van der Waals surface area contributed by atoms with E-state index < -0.39 is 23.7 Å². The summed E-state index contributed by atoms with van der Waals surface area (Å²) in [5.41, 5.74) is 0.0583. The van der Waals surface area contributed by atoms with Crippen molar-refractivity contribution in [1.82, 2.24) is 15.3 Å². The van der Waals surface area contributed by atoms with Crippen molar-refractivity contribution in [2.24, 2.45) is 0 Å². The molecule has 0 bridgehead atoms. The SMILES string of the molecule is C[C@@H]1CN(c2cccc(-c3csc(NC(=O)CNC(=O)c4cccc(C5(F)CC(F)C5)c4)n3)n2)C[C@H](C)O1. The van der Waals surface area contributed by atoms with Gasteiger partial charge in [0, 0.05) is 36.9 Å². The molecule has 1 saturated carbocycles. The summed E-state index contributed by atoms with van der Waals surface area (Å²) in [4.78, 5) is 36.4. The number of amides is 2. The first-order chi connectivity index (χ1) is 18.2. The van der Waals surface area contributed by atoms with Crippen LogP contribution >= 0.6 is 11.3 Å². The molecule has 3 aromatic rings. The number of alkyl halides is 2. The van der Waals surface area contributed by atoms with Gasteiger partial charge in [-0.3, -0.25) is 9.59 Å². The third-order valence-corrected chi connectivity index (χ3v) is 7.39. The second kappa shape index (κ2) is 10.7. The van der Waals surface area contributed by atoms with Crippen LogP contribution in [0, 0.1) is 0 Å². The molecule has 38 heavy (non-hydrogen) atoms. The first kappa shape index (κ1) is 26.2. The highest BCUT2D eigenvalue weighted by atomic mass is 32.1. The number of anilines is 2. The normalized spacial score (nSPS) is 24.9. The lowest BCUT2D eigenvalue weighted by molar-refractivity contribution is -0.115. The fourth-order valence-electron chi connectivity index (χ4n) is 4.80. The lowest BCUT2D eigenvalue weighted by Gasteiger charge is -2.37. The van der Waals surface area contributed by atoms with Gasteiger partial charge in [-0.2, -0.15) is 0 Å². The number of hydrogen-bond acceptors (Lipinski definition) is 7. The molecule has 2 aliphatic rings. The average Bonchev–Trinajstić information content (AvgIpc) is 3.34. The van der Waals surface area contributed by atoms with E-state index >= 15 is 0 Å². The van der Waals surface area contributed by atoms with E-state index in [0.717, 1.165) is 18.9 Å². The summed E-state index contributed by atoms with van der Waals surface area (Å²) in [6.45, 7) is 5.30. The molecule has 1 aromatic carbocycles. The first-order valence-electron chi connectivity index (χ1n) is 12.5. The van der Waals surface area contributed by atoms with Crippen LogP contribution in [0.15, 0.2) is 47.8 Å². The largest absolute Gasteiger partial charge is 0.372 e. The zero-order valence-corrected chi connectivity index (χ0v) is 21.9. The molecule has 3 heterocycles. The van der Waals surface area contributed by atoms with Gasteiger partial charge in [-0.05, 0) is 43.7 Å². The van der Waals surface area contributed by atoms with Gasteiger partial charge in [-0.25, -0.2) is 18.7 Å². The van der Waals surface area contributed by atoms with Gasteiger partial charge in [-0.1, -0.05) is 18.2 Å². The molecule has 1 saturated heterocycles. The highest BCUT2D eigenvalue weighted by molar-refractivity contribution is 7.14. The quantitative estimate of drug-likeness (QED) is 0.458. The number of halogens is 2. The molecule has 11 heteroatoms. The Hall–Kier alpha value is -3.44. The number of morpholine rings is 1. The maximum absolute atomic E-state index is 14.7. The van der Waals surface area contributed by atoms with Crippen molar-refractivity contribution in [3.63, 3.8) is 0 Å². The molecule has 2 fully saturated rings. The second-order valence-electron chi connectivity index (χ2n) is 9.86. The van der Waals surface area contributed by atoms with Crippen LogP contribution in [0.3, 0.4) is 0 Å². The van der Waals surface area contributed by atoms with E-state index in [4.69, 9.17) is 9.72 Å². The lowest BCUT2D eigenvalue weighted by Crippen LogP contribution is -2.45. The van der Waals surface area contributed by atoms with E-state index in [1.54, 1.807) is 12.1 Å². The number of carbonyl (C=O) groups is 2. The molecule has 0 radical (unpaired) electrons. The number of pyridine rings is 1. The first-order valence-corrected chi connectivity index (χ1v) is 13.4. The highest BCUT2D eigenvalue weighted by Gasteiger charge is 2.46. The molecule has 0 spiro atoms. The minimum atomic E-state index is -1.75. The van der Waals surface area contributed by atoms with Crippen LogP contribution in [-0.2, 0) is 15.2 Å². The second-order valence-corrected chi connectivity index (χ2v) is 10.7. The number of ether oxygens (including phenoxy) is 1. The molecule has 2 atom stereocenters. The Morgan fingerprint density at radius 3 is 2.58 bits per heavy atom. The molecule has 2 amide bonds. The van der Waals surface area contributed by atoms with Crippen molar-refractivity contribution in [3.05, 3.63) is 59.0 Å². The summed E-state index contributed by atoms with van der Waals surface area (Å²) in [7, 11) is 0. The third kappa shape index (κ3) is 5.83. The summed E-state index contributed by atoms with van der Waals surface area (Å²) in [6, 6.07) is 11.8. The molecular weight excluding hydrogens is 512 g/mol. The summed E-state index contributed by atoms with van der Waals surface area (Å²) in [5.74, 6) is -0.126. The van der Waals surface area contributed by atoms with E-state index in [0.29, 0.717) is 16.5 Å². The Kier molecular flexibility index (Phi) is 7.40. The van der Waals surface area contributed by atoms with Gasteiger partial charge in [-0.15, -0.1) is 11.3 Å². The molecule has 200 valence electrons. The zero-order chi connectivity index (χ0) is 26.9. The molecule has 2 N–H and O–H groups in total. The average molecular weight is 542 g/mol. The minimum absolute atomic E-state index is 0.113. The van der Waals surface area contributed by atoms with Crippen molar-refractivity contribution < 1.29 is 23.1 Å². The Balaban J connectivity index is 1.17. The number of hydrogen-bond donors (Lipinski definition) is 2. The van der Waals surface area contributed by atoms with Gasteiger partial charge in [0.25, 0.3) is 5.91 Å². The maximum Gasteiger partial charge on any atom is 0.251 e. The van der Waals surface area contributed by atoms with Crippen molar-refractivity contribution in [3.8, 4) is 11.4 Å². The summed E-state index contributed by atoms with van der Waals surface area (Å²) in [5, 5.41) is 7.41. The van der Waals surface area contributed by atoms with Gasteiger partial charge in [0.15, 0.2) is 5.13 Å². The molecule has 5 rings (SSSR count). The molecule has 1 aliphatic carbocycles. The van der Waals surface area contributed by atoms with E-state index in [1.807, 2.05) is 37.4 Å². The van der Waals surface area contributed by atoms with E-state index in [1.165, 1.54) is 23.5 Å². The Labute approximate surface area is 223 Å². The summed E-state index contributed by atoms with van der Waals surface area (Å²) in [6.07, 6.45) is -1.35. The Morgan fingerprint density at radius 2 is 1.84 bits per heavy atom. The van der Waals surface area contributed by atoms with Gasteiger partial charge in [0.1, 0.15) is 23.4 Å². The fraction of sp³-hybridized carbons (Fsp3) is 0.407. The van der Waals surface area contributed by atoms with Crippen LogP contribution < -0.4 is 15.5 Å². The van der Waals surface area contributed by atoms with Crippen LogP contribution in [0.1, 0.15) is 42.6 Å². The highest BCUT2D eigenvalue weighted by Crippen LogP contribution is 2.46. The predicted octanol–water partition coefficient (Wildman–Crippen LogP) is 4.48. The van der Waals surface area contributed by atoms with Crippen molar-refractivity contribution in [2.45, 2.75) is 50.7 Å². The Bertz CT molecular complexity index is 1320. The van der Waals surface area contributed by atoms with Crippen LogP contribution in [0.5, 0.6) is 0 Å². The molecular formula is C27H29F2N5O3S. The maximum atomic E-state index is 14.7. The number of benzene rings is 1. The number of carbonyl (C=O) groups excluding carboxylic acids is 2. The number of aromatic nitrogens is 2. The number of rotatable bonds is 7. The number of thiazole rings is 1. The van der Waals surface area contributed by atoms with Crippen LogP contribution in [0.2, 0.25) is 0 Å². The summed E-state index contributed by atoms with van der Waals surface area (Å²) >= 11 is 1.26. The topological polar surface area (TPSA) is 96.5 Å². The van der Waals surface area contributed by atoms with Crippen molar-refractivity contribution in [2.75, 3.05) is 29.9 Å². The molecule has 8 nitrogen and oxygen atoms in total. The van der Waals surface area contributed by atoms with Crippen LogP contribution in [-0.4, -0.2) is 59.8 Å². The van der Waals surface area contributed by atoms with E-state index in [-0.39, 0.29) is 42.7 Å². The number of nitrogens with one attached hydrogen (secondary N) is 2. The summed E-state index contributed by atoms with van der Waals surface area (Å²) < 4.78 is 33.7. The fourth-order valence-corrected chi connectivity index (χ4v) is 5.52. The van der Waals surface area contributed by atoms with Gasteiger partial charge in [0.2, 0.25) is 5.91 Å². The monoisotopic (exact) mass is 541 g/mol. The predicted molar refractivity (Wildman–Crippen MR) is 142 cm³/mol. The number of nitrogens with zero attached hydrogens (tertiary/aromatic N) is 3. The van der Waals surface area contributed by atoms with Gasteiger partial charge < -0.3 is 20.3 Å². The van der Waals surface area contributed by atoms with Crippen molar-refractivity contribution in [1.29, 1.82) is 0 Å². The van der Waals surface area contributed by atoms with E-state index in [9.17, 15) is 18.4 Å². The minimum Gasteiger partial charge on any atom is -0.372 e. The van der Waals surface area contributed by atoms with E-state index in [2.05, 4.69) is 20.5 Å². The van der Waals surface area contributed by atoms with Crippen molar-refractivity contribution >= 4 is 34.1 Å². The molecule has 1 aliphatic heterocycles. The smallest absolute Gasteiger partial charge is 0.251 e. The molecule has 0 unspecified atom stereocenters. The standard InChI is InChI=1S/C27H29F2N5O3S/c1-16-13-34(14-17(2)37-16)23-8-4-7-21(31-23)22-15-38-26(32-22)33-24(35)12-30-25(36)18-5-3-6-19(9-18)27(29)10-20(28)11-27/h3-9,15-17,20H,10-14H2,1-2H3,(H,30,36)(H,32,33,35)/t16-,17+,20?,27?. The molecule has 2 aromatic heterocycles.